The molecule has 0 bridgehead atoms. The molecule has 5 heteroatoms. The normalized spacial score (nSPS) is 11.6. The zero-order valence-corrected chi connectivity index (χ0v) is 18.7. The highest BCUT2D eigenvalue weighted by Crippen LogP contribution is 2.37. The van der Waals surface area contributed by atoms with Crippen LogP contribution in [0.2, 0.25) is 10.0 Å². The average Bonchev–Trinajstić information content (AvgIpc) is 2.83. The quantitative estimate of drug-likeness (QED) is 0.287. The van der Waals surface area contributed by atoms with Gasteiger partial charge in [0.1, 0.15) is 12.5 Å². The number of para-hydroxylation sites is 2. The van der Waals surface area contributed by atoms with Crippen LogP contribution in [0.25, 0.3) is 0 Å². The molecule has 0 radical (unpaired) electrons. The molecule has 0 fully saturated rings. The molecular formula is C27H21Cl2NO2. The average molecular weight is 462 g/mol. The maximum absolute atomic E-state index is 13.4. The molecule has 0 saturated heterocycles. The number of benzene rings is 4. The first-order valence-electron chi connectivity index (χ1n) is 10.2. The van der Waals surface area contributed by atoms with Crippen LogP contribution in [0.3, 0.4) is 0 Å². The number of ether oxygens (including phenoxy) is 1. The maximum atomic E-state index is 13.4. The van der Waals surface area contributed by atoms with E-state index in [9.17, 15) is 4.79 Å². The minimum absolute atomic E-state index is 0.203. The molecule has 3 nitrogen and oxygen atoms in total. The smallest absolute Gasteiger partial charge is 0.318 e. The van der Waals surface area contributed by atoms with Gasteiger partial charge in [-0.15, -0.1) is 0 Å². The molecule has 32 heavy (non-hydrogen) atoms. The van der Waals surface area contributed by atoms with Crippen molar-refractivity contribution in [2.45, 2.75) is 12.5 Å². The van der Waals surface area contributed by atoms with Gasteiger partial charge in [-0.05, 0) is 34.9 Å². The maximum Gasteiger partial charge on any atom is 0.318 e. The van der Waals surface area contributed by atoms with Crippen molar-refractivity contribution in [2.75, 3.05) is 5.32 Å². The van der Waals surface area contributed by atoms with Crippen LogP contribution in [-0.2, 0) is 16.1 Å². The summed E-state index contributed by atoms with van der Waals surface area (Å²) in [4.78, 5) is 13.4. The van der Waals surface area contributed by atoms with E-state index >= 15 is 0 Å². The monoisotopic (exact) mass is 461 g/mol. The molecule has 0 saturated carbocycles. The zero-order valence-electron chi connectivity index (χ0n) is 17.2. The highest BCUT2D eigenvalue weighted by molar-refractivity contribution is 6.39. The van der Waals surface area contributed by atoms with Crippen LogP contribution in [0.4, 0.5) is 11.4 Å². The number of nitrogens with one attached hydrogen (secondary N) is 1. The van der Waals surface area contributed by atoms with Gasteiger partial charge in [0, 0.05) is 5.69 Å². The lowest BCUT2D eigenvalue weighted by atomic mass is 9.90. The lowest BCUT2D eigenvalue weighted by Gasteiger charge is -2.21. The fourth-order valence-corrected chi connectivity index (χ4v) is 4.01. The van der Waals surface area contributed by atoms with Crippen molar-refractivity contribution in [2.24, 2.45) is 0 Å². The third kappa shape index (κ3) is 5.13. The fourth-order valence-electron chi connectivity index (χ4n) is 3.51. The number of hydrogen-bond acceptors (Lipinski definition) is 3. The van der Waals surface area contributed by atoms with Crippen molar-refractivity contribution in [1.82, 2.24) is 0 Å². The number of esters is 1. The van der Waals surface area contributed by atoms with Crippen molar-refractivity contribution in [3.05, 3.63) is 130 Å². The van der Waals surface area contributed by atoms with Gasteiger partial charge in [-0.1, -0.05) is 108 Å². The molecule has 4 rings (SSSR count). The largest absolute Gasteiger partial charge is 0.460 e. The van der Waals surface area contributed by atoms with E-state index in [1.807, 2.05) is 84.9 Å². The minimum Gasteiger partial charge on any atom is -0.460 e. The van der Waals surface area contributed by atoms with Gasteiger partial charge in [0.15, 0.2) is 0 Å². The van der Waals surface area contributed by atoms with Crippen LogP contribution in [0.15, 0.2) is 103 Å². The van der Waals surface area contributed by atoms with Gasteiger partial charge in [0.25, 0.3) is 0 Å². The van der Waals surface area contributed by atoms with Crippen molar-refractivity contribution in [1.29, 1.82) is 0 Å². The summed E-state index contributed by atoms with van der Waals surface area (Å²) in [6.45, 7) is 0.203. The lowest BCUT2D eigenvalue weighted by Crippen LogP contribution is -2.18. The second-order valence-corrected chi connectivity index (χ2v) is 8.06. The Bertz CT molecular complexity index is 1180. The molecule has 0 amide bonds. The van der Waals surface area contributed by atoms with Gasteiger partial charge in [0.05, 0.1) is 15.7 Å². The van der Waals surface area contributed by atoms with E-state index < -0.39 is 5.92 Å². The number of hydrogen-bond donors (Lipinski definition) is 1. The molecule has 160 valence electrons. The SMILES string of the molecule is O=C(OCc1ccccc1)C(c1ccccc1)c1ccccc1Nc1c(Cl)cccc1Cl. The Morgan fingerprint density at radius 3 is 2.03 bits per heavy atom. The van der Waals surface area contributed by atoms with Gasteiger partial charge in [-0.25, -0.2) is 0 Å². The molecule has 0 spiro atoms. The Hall–Kier alpha value is -3.27. The van der Waals surface area contributed by atoms with Gasteiger partial charge < -0.3 is 10.1 Å². The number of anilines is 2. The third-order valence-electron chi connectivity index (χ3n) is 5.09. The molecule has 0 aromatic heterocycles. The molecule has 4 aromatic rings. The number of carbonyl (C=O) groups excluding carboxylic acids is 1. The first-order chi connectivity index (χ1) is 15.6. The molecule has 0 aliphatic rings. The van der Waals surface area contributed by atoms with Gasteiger partial charge in [-0.3, -0.25) is 4.79 Å². The molecule has 0 heterocycles. The summed E-state index contributed by atoms with van der Waals surface area (Å²) in [5.74, 6) is -0.954. The van der Waals surface area contributed by atoms with E-state index in [4.69, 9.17) is 27.9 Å². The van der Waals surface area contributed by atoms with Crippen molar-refractivity contribution in [3.63, 3.8) is 0 Å². The molecule has 0 aliphatic carbocycles. The van der Waals surface area contributed by atoms with Crippen LogP contribution in [0.1, 0.15) is 22.6 Å². The molecule has 0 aliphatic heterocycles. The minimum atomic E-state index is -0.620. The molecule has 1 unspecified atom stereocenters. The highest BCUT2D eigenvalue weighted by atomic mass is 35.5. The third-order valence-corrected chi connectivity index (χ3v) is 5.72. The Morgan fingerprint density at radius 1 is 0.750 bits per heavy atom. The highest BCUT2D eigenvalue weighted by Gasteiger charge is 2.27. The van der Waals surface area contributed by atoms with Crippen LogP contribution in [0.5, 0.6) is 0 Å². The van der Waals surface area contributed by atoms with Crippen molar-refractivity contribution in [3.8, 4) is 0 Å². The number of rotatable bonds is 7. The van der Waals surface area contributed by atoms with Crippen LogP contribution >= 0.6 is 23.2 Å². The summed E-state index contributed by atoms with van der Waals surface area (Å²) < 4.78 is 5.73. The Morgan fingerprint density at radius 2 is 1.34 bits per heavy atom. The van der Waals surface area contributed by atoms with E-state index in [1.54, 1.807) is 18.2 Å². The Balaban J connectivity index is 1.70. The summed E-state index contributed by atoms with van der Waals surface area (Å²) in [5, 5.41) is 4.31. The van der Waals surface area contributed by atoms with Crippen molar-refractivity contribution >= 4 is 40.5 Å². The number of carbonyl (C=O) groups is 1. The number of halogens is 2. The standard InChI is InChI=1S/C27H21Cl2NO2/c28-22-15-9-16-23(29)26(22)30-24-17-8-7-14-21(24)25(20-12-5-2-6-13-20)27(31)32-18-19-10-3-1-4-11-19/h1-17,25,30H,18H2. The van der Waals surface area contributed by atoms with Crippen LogP contribution < -0.4 is 5.32 Å². The summed E-state index contributed by atoms with van der Waals surface area (Å²) >= 11 is 12.7. The Kier molecular flexibility index (Phi) is 7.10. The first-order valence-corrected chi connectivity index (χ1v) is 10.9. The van der Waals surface area contributed by atoms with Crippen LogP contribution in [0, 0.1) is 0 Å². The Labute approximate surface area is 197 Å². The zero-order chi connectivity index (χ0) is 22.3. The van der Waals surface area contributed by atoms with Crippen LogP contribution in [-0.4, -0.2) is 5.97 Å². The second kappa shape index (κ2) is 10.4. The first kappa shape index (κ1) is 21.9. The van der Waals surface area contributed by atoms with Gasteiger partial charge in [0.2, 0.25) is 0 Å². The van der Waals surface area contributed by atoms with E-state index in [-0.39, 0.29) is 12.6 Å². The van der Waals surface area contributed by atoms with Gasteiger partial charge >= 0.3 is 5.97 Å². The molecule has 4 aromatic carbocycles. The van der Waals surface area contributed by atoms with E-state index in [0.29, 0.717) is 15.7 Å². The predicted octanol–water partition coefficient (Wildman–Crippen LogP) is 7.61. The summed E-state index contributed by atoms with van der Waals surface area (Å²) in [5.41, 5.74) is 3.86. The molecular weight excluding hydrogens is 441 g/mol. The molecule has 1 atom stereocenters. The summed E-state index contributed by atoms with van der Waals surface area (Å²) in [6, 6.07) is 32.1. The summed E-state index contributed by atoms with van der Waals surface area (Å²) in [7, 11) is 0. The van der Waals surface area contributed by atoms with E-state index in [0.717, 1.165) is 22.4 Å². The van der Waals surface area contributed by atoms with Crippen molar-refractivity contribution < 1.29 is 9.53 Å². The second-order valence-electron chi connectivity index (χ2n) is 7.25. The fraction of sp³-hybridized carbons (Fsp3) is 0.0741. The molecule has 1 N–H and O–H groups in total. The predicted molar refractivity (Wildman–Crippen MR) is 131 cm³/mol. The summed E-state index contributed by atoms with van der Waals surface area (Å²) in [6.07, 6.45) is 0. The topological polar surface area (TPSA) is 38.3 Å². The van der Waals surface area contributed by atoms with E-state index in [1.165, 1.54) is 0 Å². The van der Waals surface area contributed by atoms with Gasteiger partial charge in [-0.2, -0.15) is 0 Å². The lowest BCUT2D eigenvalue weighted by molar-refractivity contribution is -0.145. The van der Waals surface area contributed by atoms with E-state index in [2.05, 4.69) is 5.32 Å².